The molecular weight excluding hydrogens is 224 g/mol. The Labute approximate surface area is 100 Å². The Morgan fingerprint density at radius 3 is 3.18 bits per heavy atom. The number of amides is 1. The van der Waals surface area contributed by atoms with E-state index >= 15 is 0 Å². The number of rotatable bonds is 4. The van der Waals surface area contributed by atoms with Gasteiger partial charge in [0, 0.05) is 6.61 Å². The topological polar surface area (TPSA) is 81.2 Å². The Kier molecular flexibility index (Phi) is 4.33. The summed E-state index contributed by atoms with van der Waals surface area (Å²) in [5.74, 6) is -0.399. The van der Waals surface area contributed by atoms with Crippen LogP contribution in [0.25, 0.3) is 0 Å². The predicted molar refractivity (Wildman–Crippen MR) is 58.1 cm³/mol. The van der Waals surface area contributed by atoms with Crippen molar-refractivity contribution in [1.82, 2.24) is 5.32 Å². The number of esters is 1. The zero-order valence-electron chi connectivity index (χ0n) is 9.81. The molecule has 0 radical (unpaired) electrons. The number of carbonyl (C=O) groups excluding carboxylic acids is 2. The molecule has 0 aromatic carbocycles. The molecule has 0 aromatic heterocycles. The second kappa shape index (κ2) is 5.97. The summed E-state index contributed by atoms with van der Waals surface area (Å²) in [6, 6.07) is -0.333. The van der Waals surface area contributed by atoms with E-state index < -0.39 is 0 Å². The van der Waals surface area contributed by atoms with Crippen LogP contribution in [0.1, 0.15) is 19.3 Å². The Hall–Kier alpha value is -1.14. The third-order valence-corrected chi connectivity index (χ3v) is 3.07. The number of carbonyl (C=O) groups is 2. The van der Waals surface area contributed by atoms with Gasteiger partial charge in [-0.05, 0) is 12.8 Å². The average molecular weight is 243 g/mol. The highest BCUT2D eigenvalue weighted by atomic mass is 16.6. The molecule has 17 heavy (non-hydrogen) atoms. The predicted octanol–water partition coefficient (Wildman–Crippen LogP) is -1.84. The van der Waals surface area contributed by atoms with E-state index in [2.05, 4.69) is 5.32 Å². The van der Waals surface area contributed by atoms with Gasteiger partial charge in [0.2, 0.25) is 0 Å². The summed E-state index contributed by atoms with van der Waals surface area (Å²) in [5, 5.41) is 4.61. The van der Waals surface area contributed by atoms with Crippen molar-refractivity contribution in [3.8, 4) is 0 Å². The fourth-order valence-corrected chi connectivity index (χ4v) is 2.09. The minimum absolute atomic E-state index is 0.0445. The molecule has 2 saturated heterocycles. The lowest BCUT2D eigenvalue weighted by atomic mass is 10.1. The summed E-state index contributed by atoms with van der Waals surface area (Å²) in [5.41, 5.74) is 0. The van der Waals surface area contributed by atoms with Crippen molar-refractivity contribution >= 4 is 11.9 Å². The summed E-state index contributed by atoms with van der Waals surface area (Å²) in [6.45, 7) is 2.55. The fourth-order valence-electron chi connectivity index (χ4n) is 2.09. The van der Waals surface area contributed by atoms with Gasteiger partial charge in [0.25, 0.3) is 5.91 Å². The molecule has 2 aliphatic rings. The van der Waals surface area contributed by atoms with Gasteiger partial charge in [-0.15, -0.1) is 0 Å². The molecule has 2 unspecified atom stereocenters. The van der Waals surface area contributed by atoms with Gasteiger partial charge >= 0.3 is 5.97 Å². The van der Waals surface area contributed by atoms with Crippen LogP contribution in [0.4, 0.5) is 0 Å². The zero-order valence-corrected chi connectivity index (χ0v) is 9.81. The van der Waals surface area contributed by atoms with Crippen LogP contribution in [0.5, 0.6) is 0 Å². The average Bonchev–Trinajstić information content (AvgIpc) is 2.82. The second-order valence-electron chi connectivity index (χ2n) is 4.44. The van der Waals surface area contributed by atoms with Crippen LogP contribution in [0.3, 0.4) is 0 Å². The molecule has 0 aliphatic carbocycles. The third kappa shape index (κ3) is 3.67. The van der Waals surface area contributed by atoms with Gasteiger partial charge in [-0.2, -0.15) is 0 Å². The third-order valence-electron chi connectivity index (χ3n) is 3.07. The van der Waals surface area contributed by atoms with E-state index in [4.69, 9.17) is 9.47 Å². The summed E-state index contributed by atoms with van der Waals surface area (Å²) in [4.78, 5) is 23.0. The van der Waals surface area contributed by atoms with Crippen molar-refractivity contribution in [2.45, 2.75) is 31.4 Å². The molecule has 2 rings (SSSR count). The first-order valence-corrected chi connectivity index (χ1v) is 6.14. The molecule has 6 heteroatoms. The molecule has 0 bridgehead atoms. The molecule has 96 valence electrons. The quantitative estimate of drug-likeness (QED) is 0.569. The van der Waals surface area contributed by atoms with Crippen molar-refractivity contribution in [1.29, 1.82) is 0 Å². The Balaban J connectivity index is 1.67. The Bertz CT molecular complexity index is 289. The lowest BCUT2D eigenvalue weighted by Gasteiger charge is -2.19. The first-order valence-electron chi connectivity index (χ1n) is 6.14. The van der Waals surface area contributed by atoms with Gasteiger partial charge in [0.15, 0.2) is 6.04 Å². The van der Waals surface area contributed by atoms with E-state index in [1.54, 1.807) is 0 Å². The number of piperazine rings is 1. The van der Waals surface area contributed by atoms with Crippen LogP contribution in [0, 0.1) is 0 Å². The normalized spacial score (nSPS) is 28.8. The number of nitrogens with two attached hydrogens (primary N) is 1. The largest absolute Gasteiger partial charge is 0.463 e. The maximum absolute atomic E-state index is 11.5. The van der Waals surface area contributed by atoms with Gasteiger partial charge in [0.05, 0.1) is 19.2 Å². The SMILES string of the molecule is O=C(CC1[NH2+]CCNC1=O)OCC1CCCO1. The van der Waals surface area contributed by atoms with Gasteiger partial charge in [0.1, 0.15) is 13.0 Å². The highest BCUT2D eigenvalue weighted by Crippen LogP contribution is 2.12. The molecule has 0 saturated carbocycles. The standard InChI is InChI=1S/C11H18N2O4/c14-10(17-7-8-2-1-5-16-8)6-9-11(15)13-4-3-12-9/h8-9,12H,1-7H2,(H,13,15)/p+1. The Morgan fingerprint density at radius 2 is 2.47 bits per heavy atom. The number of quaternary nitrogens is 1. The van der Waals surface area contributed by atoms with Crippen LogP contribution < -0.4 is 10.6 Å². The first kappa shape index (κ1) is 12.3. The minimum atomic E-state index is -0.333. The van der Waals surface area contributed by atoms with Crippen molar-refractivity contribution in [3.05, 3.63) is 0 Å². The molecule has 6 nitrogen and oxygen atoms in total. The smallest absolute Gasteiger partial charge is 0.312 e. The summed E-state index contributed by atoms with van der Waals surface area (Å²) in [6.07, 6.45) is 2.16. The highest BCUT2D eigenvalue weighted by molar-refractivity contribution is 5.85. The van der Waals surface area contributed by atoms with Crippen LogP contribution in [-0.2, 0) is 19.1 Å². The molecule has 2 aliphatic heterocycles. The molecule has 0 spiro atoms. The van der Waals surface area contributed by atoms with Gasteiger partial charge in [-0.3, -0.25) is 9.59 Å². The Morgan fingerprint density at radius 1 is 1.59 bits per heavy atom. The molecule has 2 fully saturated rings. The maximum Gasteiger partial charge on any atom is 0.312 e. The van der Waals surface area contributed by atoms with Crippen molar-refractivity contribution < 1.29 is 24.4 Å². The molecular formula is C11H19N2O4+. The fraction of sp³-hybridized carbons (Fsp3) is 0.818. The maximum atomic E-state index is 11.5. The van der Waals surface area contributed by atoms with Gasteiger partial charge in [-0.25, -0.2) is 0 Å². The first-order chi connectivity index (χ1) is 8.25. The van der Waals surface area contributed by atoms with Crippen molar-refractivity contribution in [3.63, 3.8) is 0 Å². The minimum Gasteiger partial charge on any atom is -0.463 e. The molecule has 3 N–H and O–H groups in total. The van der Waals surface area contributed by atoms with Crippen LogP contribution in [-0.4, -0.2) is 50.3 Å². The van der Waals surface area contributed by atoms with Crippen LogP contribution in [0.2, 0.25) is 0 Å². The van der Waals surface area contributed by atoms with Crippen molar-refractivity contribution in [2.75, 3.05) is 26.3 Å². The number of hydrogen-bond acceptors (Lipinski definition) is 4. The van der Waals surface area contributed by atoms with Crippen LogP contribution in [0.15, 0.2) is 0 Å². The number of hydrogen-bond donors (Lipinski definition) is 2. The summed E-state index contributed by atoms with van der Waals surface area (Å²) >= 11 is 0. The lowest BCUT2D eigenvalue weighted by Crippen LogP contribution is -2.96. The zero-order chi connectivity index (χ0) is 12.1. The molecule has 2 heterocycles. The van der Waals surface area contributed by atoms with Gasteiger partial charge < -0.3 is 20.1 Å². The molecule has 0 aromatic rings. The number of ether oxygens (including phenoxy) is 2. The van der Waals surface area contributed by atoms with E-state index in [0.29, 0.717) is 13.2 Å². The summed E-state index contributed by atoms with van der Waals surface area (Å²) in [7, 11) is 0. The van der Waals surface area contributed by atoms with E-state index in [1.165, 1.54) is 0 Å². The van der Waals surface area contributed by atoms with E-state index in [0.717, 1.165) is 26.0 Å². The van der Waals surface area contributed by atoms with Gasteiger partial charge in [-0.1, -0.05) is 0 Å². The monoisotopic (exact) mass is 243 g/mol. The second-order valence-corrected chi connectivity index (χ2v) is 4.44. The molecule has 1 amide bonds. The summed E-state index contributed by atoms with van der Waals surface area (Å²) < 4.78 is 10.5. The van der Waals surface area contributed by atoms with Crippen molar-refractivity contribution in [2.24, 2.45) is 0 Å². The molecule has 2 atom stereocenters. The lowest BCUT2D eigenvalue weighted by molar-refractivity contribution is -0.678. The highest BCUT2D eigenvalue weighted by Gasteiger charge is 2.29. The number of nitrogens with one attached hydrogen (secondary N) is 1. The van der Waals surface area contributed by atoms with E-state index in [-0.39, 0.29) is 30.4 Å². The van der Waals surface area contributed by atoms with Crippen LogP contribution >= 0.6 is 0 Å². The van der Waals surface area contributed by atoms with E-state index in [1.807, 2.05) is 5.32 Å². The van der Waals surface area contributed by atoms with E-state index in [9.17, 15) is 9.59 Å².